The van der Waals surface area contributed by atoms with E-state index < -0.39 is 10.0 Å². The van der Waals surface area contributed by atoms with Gasteiger partial charge in [-0.3, -0.25) is 4.79 Å². The summed E-state index contributed by atoms with van der Waals surface area (Å²) < 4.78 is 34.4. The van der Waals surface area contributed by atoms with E-state index in [0.717, 1.165) is 51.4 Å². The van der Waals surface area contributed by atoms with Crippen molar-refractivity contribution in [1.29, 1.82) is 0 Å². The maximum absolute atomic E-state index is 12.6. The fourth-order valence-electron chi connectivity index (χ4n) is 5.12. The van der Waals surface area contributed by atoms with Crippen LogP contribution < -0.4 is 4.72 Å². The lowest BCUT2D eigenvalue weighted by atomic mass is 9.83. The molecule has 4 rings (SSSR count). The zero-order chi connectivity index (χ0) is 21.8. The molecule has 1 aromatic carbocycles. The molecule has 7 heteroatoms. The van der Waals surface area contributed by atoms with Gasteiger partial charge in [-0.05, 0) is 62.8 Å². The van der Waals surface area contributed by atoms with E-state index in [0.29, 0.717) is 25.5 Å². The van der Waals surface area contributed by atoms with Crippen LogP contribution in [0.3, 0.4) is 0 Å². The maximum atomic E-state index is 12.6. The molecule has 1 saturated heterocycles. The molecule has 2 saturated carbocycles. The van der Waals surface area contributed by atoms with Crippen LogP contribution in [0.4, 0.5) is 0 Å². The summed E-state index contributed by atoms with van der Waals surface area (Å²) in [6.07, 6.45) is 7.90. The molecule has 2 atom stereocenters. The van der Waals surface area contributed by atoms with Crippen molar-refractivity contribution >= 4 is 15.9 Å². The zero-order valence-electron chi connectivity index (χ0n) is 18.5. The fourth-order valence-corrected chi connectivity index (χ4v) is 6.77. The number of hydrogen-bond donors (Lipinski definition) is 1. The highest BCUT2D eigenvalue weighted by molar-refractivity contribution is 7.90. The molecule has 3 aliphatic rings. The van der Waals surface area contributed by atoms with E-state index in [2.05, 4.69) is 35.1 Å². The van der Waals surface area contributed by atoms with Crippen LogP contribution in [0.1, 0.15) is 76.2 Å². The monoisotopic (exact) mass is 448 g/mol. The first-order valence-electron chi connectivity index (χ1n) is 11.9. The predicted molar refractivity (Wildman–Crippen MR) is 121 cm³/mol. The molecule has 0 bridgehead atoms. The lowest BCUT2D eigenvalue weighted by Gasteiger charge is -2.42. The van der Waals surface area contributed by atoms with Gasteiger partial charge < -0.3 is 9.64 Å². The normalized spacial score (nSPS) is 29.6. The second-order valence-corrected chi connectivity index (χ2v) is 11.3. The van der Waals surface area contributed by atoms with Gasteiger partial charge in [0.2, 0.25) is 15.9 Å². The average Bonchev–Trinajstić information content (AvgIpc) is 3.65. The van der Waals surface area contributed by atoms with Gasteiger partial charge in [-0.2, -0.15) is 0 Å². The first-order chi connectivity index (χ1) is 15.0. The third-order valence-corrected chi connectivity index (χ3v) is 9.11. The smallest absolute Gasteiger partial charge is 0.222 e. The molecule has 1 aromatic rings. The van der Waals surface area contributed by atoms with Gasteiger partial charge in [0.05, 0.1) is 24.0 Å². The largest absolute Gasteiger partial charge is 0.376 e. The van der Waals surface area contributed by atoms with Crippen molar-refractivity contribution in [3.8, 4) is 0 Å². The molecule has 31 heavy (non-hydrogen) atoms. The number of sulfonamides is 1. The molecule has 1 heterocycles. The van der Waals surface area contributed by atoms with Gasteiger partial charge in [-0.1, -0.05) is 37.3 Å². The van der Waals surface area contributed by atoms with Crippen molar-refractivity contribution < 1.29 is 17.9 Å². The van der Waals surface area contributed by atoms with Crippen molar-refractivity contribution in [3.63, 3.8) is 0 Å². The Labute approximate surface area is 186 Å². The van der Waals surface area contributed by atoms with Crippen LogP contribution in [0.25, 0.3) is 0 Å². The number of nitrogens with one attached hydrogen (secondary N) is 1. The standard InChI is InChI=1S/C24H36N2O4S/c1-2-24(27)26-16-6-9-22(25-31(28,29)21-14-15-21)23(26)17-30-20-12-10-19(11-13-20)18-7-4-3-5-8-18/h3-5,7-8,19-23,25H,2,6,9-17H2,1H3/t19?,20?,22-,23-/m0/s1. The molecule has 3 fully saturated rings. The Morgan fingerprint density at radius 1 is 1.06 bits per heavy atom. The predicted octanol–water partition coefficient (Wildman–Crippen LogP) is 3.58. The minimum absolute atomic E-state index is 0.0803. The van der Waals surface area contributed by atoms with Crippen molar-refractivity contribution in [3.05, 3.63) is 35.9 Å². The third kappa shape index (κ3) is 5.68. The molecule has 0 aromatic heterocycles. The second kappa shape index (κ2) is 10.0. The summed E-state index contributed by atoms with van der Waals surface area (Å²) in [6, 6.07) is 10.2. The van der Waals surface area contributed by atoms with E-state index in [9.17, 15) is 13.2 Å². The number of benzene rings is 1. The number of carbonyl (C=O) groups excluding carboxylic acids is 1. The number of piperidine rings is 1. The molecule has 1 amide bonds. The SMILES string of the molecule is CCC(=O)N1CCC[C@H](NS(=O)(=O)C2CC2)[C@@H]1COC1CCC(c2ccccc2)CC1. The van der Waals surface area contributed by atoms with Crippen LogP contribution >= 0.6 is 0 Å². The molecule has 6 nitrogen and oxygen atoms in total. The number of carbonyl (C=O) groups is 1. The van der Waals surface area contributed by atoms with E-state index in [-0.39, 0.29) is 29.3 Å². The lowest BCUT2D eigenvalue weighted by molar-refractivity contribution is -0.138. The molecular weight excluding hydrogens is 412 g/mol. The molecule has 2 aliphatic carbocycles. The van der Waals surface area contributed by atoms with Crippen LogP contribution in [0.2, 0.25) is 0 Å². The summed E-state index contributed by atoms with van der Waals surface area (Å²) in [5.41, 5.74) is 1.41. The van der Waals surface area contributed by atoms with Crippen LogP contribution in [0.15, 0.2) is 30.3 Å². The quantitative estimate of drug-likeness (QED) is 0.660. The van der Waals surface area contributed by atoms with Crippen molar-refractivity contribution in [2.75, 3.05) is 13.2 Å². The van der Waals surface area contributed by atoms with Crippen molar-refractivity contribution in [1.82, 2.24) is 9.62 Å². The fraction of sp³-hybridized carbons (Fsp3) is 0.708. The number of likely N-dealkylation sites (tertiary alicyclic amines) is 1. The summed E-state index contributed by atoms with van der Waals surface area (Å²) in [7, 11) is -3.30. The Bertz CT molecular complexity index is 832. The minimum Gasteiger partial charge on any atom is -0.376 e. The van der Waals surface area contributed by atoms with Gasteiger partial charge in [0, 0.05) is 19.0 Å². The summed E-state index contributed by atoms with van der Waals surface area (Å²) in [4.78, 5) is 14.4. The highest BCUT2D eigenvalue weighted by Gasteiger charge is 2.41. The van der Waals surface area contributed by atoms with Crippen LogP contribution in [-0.4, -0.2) is 55.8 Å². The topological polar surface area (TPSA) is 75.7 Å². The third-order valence-electron chi connectivity index (χ3n) is 7.13. The minimum atomic E-state index is -3.30. The van der Waals surface area contributed by atoms with Gasteiger partial charge in [-0.25, -0.2) is 13.1 Å². The van der Waals surface area contributed by atoms with Gasteiger partial charge >= 0.3 is 0 Å². The lowest BCUT2D eigenvalue weighted by Crippen LogP contribution is -2.59. The second-order valence-electron chi connectivity index (χ2n) is 9.34. The first kappa shape index (κ1) is 22.7. The van der Waals surface area contributed by atoms with Gasteiger partial charge in [0.15, 0.2) is 0 Å². The van der Waals surface area contributed by atoms with Gasteiger partial charge in [0.1, 0.15) is 0 Å². The van der Waals surface area contributed by atoms with Crippen LogP contribution in [0.5, 0.6) is 0 Å². The Kier molecular flexibility index (Phi) is 7.34. The average molecular weight is 449 g/mol. The summed E-state index contributed by atoms with van der Waals surface area (Å²) >= 11 is 0. The Balaban J connectivity index is 1.36. The first-order valence-corrected chi connectivity index (χ1v) is 13.5. The molecule has 0 unspecified atom stereocenters. The molecule has 0 radical (unpaired) electrons. The molecule has 1 N–H and O–H groups in total. The highest BCUT2D eigenvalue weighted by Crippen LogP contribution is 2.34. The zero-order valence-corrected chi connectivity index (χ0v) is 19.4. The Morgan fingerprint density at radius 3 is 2.42 bits per heavy atom. The summed E-state index contributed by atoms with van der Waals surface area (Å²) in [5.74, 6) is 0.670. The van der Waals surface area contributed by atoms with Crippen molar-refractivity contribution in [2.24, 2.45) is 0 Å². The van der Waals surface area contributed by atoms with Gasteiger partial charge in [0.25, 0.3) is 0 Å². The summed E-state index contributed by atoms with van der Waals surface area (Å²) in [6.45, 7) is 2.95. The van der Waals surface area contributed by atoms with E-state index >= 15 is 0 Å². The number of hydrogen-bond acceptors (Lipinski definition) is 4. The van der Waals surface area contributed by atoms with Gasteiger partial charge in [-0.15, -0.1) is 0 Å². The van der Waals surface area contributed by atoms with Crippen molar-refractivity contribution in [2.45, 2.75) is 94.1 Å². The molecule has 172 valence electrons. The number of ether oxygens (including phenoxy) is 1. The Hall–Kier alpha value is -1.44. The number of rotatable bonds is 8. The number of amides is 1. The van der Waals surface area contributed by atoms with E-state index in [1.165, 1.54) is 5.56 Å². The maximum Gasteiger partial charge on any atom is 0.222 e. The van der Waals surface area contributed by atoms with E-state index in [4.69, 9.17) is 4.74 Å². The molecular formula is C24H36N2O4S. The van der Waals surface area contributed by atoms with Crippen LogP contribution in [-0.2, 0) is 19.6 Å². The van der Waals surface area contributed by atoms with Crippen LogP contribution in [0, 0.1) is 0 Å². The Morgan fingerprint density at radius 2 is 1.77 bits per heavy atom. The molecule has 1 aliphatic heterocycles. The summed E-state index contributed by atoms with van der Waals surface area (Å²) in [5, 5.41) is -0.250. The van der Waals surface area contributed by atoms with E-state index in [1.807, 2.05) is 11.8 Å². The van der Waals surface area contributed by atoms with E-state index in [1.54, 1.807) is 0 Å². The number of nitrogens with zero attached hydrogens (tertiary/aromatic N) is 1. The molecule has 0 spiro atoms. The highest BCUT2D eigenvalue weighted by atomic mass is 32.2.